The molecule has 0 amide bonds. The third kappa shape index (κ3) is 4.61. The Balaban J connectivity index is 2.22. The van der Waals surface area contributed by atoms with Gasteiger partial charge in [0.2, 0.25) is 0 Å². The molecule has 8 heteroatoms. The second kappa shape index (κ2) is 8.19. The minimum absolute atomic E-state index is 0.0649. The van der Waals surface area contributed by atoms with Crippen LogP contribution in [0, 0.1) is 11.6 Å². The molecular formula is C16H14F4N2O2. The quantitative estimate of drug-likeness (QED) is 0.460. The van der Waals surface area contributed by atoms with Crippen LogP contribution in [-0.4, -0.2) is 19.4 Å². The molecule has 0 atom stereocenters. The molecule has 0 aromatic heterocycles. The number of halogens is 4. The molecule has 0 unspecified atom stereocenters. The van der Waals surface area contributed by atoms with Crippen molar-refractivity contribution in [3.8, 4) is 11.5 Å². The Hall–Kier alpha value is -2.77. The summed E-state index contributed by atoms with van der Waals surface area (Å²) in [6, 6.07) is 7.44. The highest BCUT2D eigenvalue weighted by Gasteiger charge is 2.14. The van der Waals surface area contributed by atoms with Crippen molar-refractivity contribution in [2.24, 2.45) is 5.10 Å². The molecule has 0 heterocycles. The van der Waals surface area contributed by atoms with E-state index in [1.165, 1.54) is 18.3 Å². The molecule has 0 fully saturated rings. The molecule has 0 aliphatic heterocycles. The van der Waals surface area contributed by atoms with Crippen LogP contribution in [0.1, 0.15) is 12.5 Å². The zero-order chi connectivity index (χ0) is 17.5. The molecule has 2 rings (SSSR count). The standard InChI is InChI=1S/C16H14F4N2O2/c1-2-23-14-5-3-4-10(15(14)24-16(19)20)9-21-22-13-7-6-11(17)8-12(13)18/h3-9,16,22H,2H2,1H3/b21-9-. The molecule has 0 aliphatic carbocycles. The molecule has 2 aromatic carbocycles. The minimum Gasteiger partial charge on any atom is -0.490 e. The van der Waals surface area contributed by atoms with Gasteiger partial charge in [0.25, 0.3) is 0 Å². The fourth-order valence-electron chi connectivity index (χ4n) is 1.87. The van der Waals surface area contributed by atoms with E-state index in [-0.39, 0.29) is 29.4 Å². The number of hydrogen-bond acceptors (Lipinski definition) is 4. The molecule has 0 aliphatic rings. The van der Waals surface area contributed by atoms with Crippen molar-refractivity contribution in [3.05, 3.63) is 53.6 Å². The van der Waals surface area contributed by atoms with Crippen molar-refractivity contribution < 1.29 is 27.0 Å². The highest BCUT2D eigenvalue weighted by atomic mass is 19.3. The van der Waals surface area contributed by atoms with Crippen LogP contribution in [0.15, 0.2) is 41.5 Å². The summed E-state index contributed by atoms with van der Waals surface area (Å²) in [5.41, 5.74) is 2.50. The topological polar surface area (TPSA) is 42.8 Å². The third-order valence-corrected chi connectivity index (χ3v) is 2.84. The number of para-hydroxylation sites is 1. The lowest BCUT2D eigenvalue weighted by Crippen LogP contribution is -2.07. The Morgan fingerprint density at radius 2 is 2.00 bits per heavy atom. The number of hydrazone groups is 1. The number of rotatable bonds is 7. The maximum atomic E-state index is 13.5. The smallest absolute Gasteiger partial charge is 0.387 e. The maximum absolute atomic E-state index is 13.5. The Morgan fingerprint density at radius 3 is 2.67 bits per heavy atom. The van der Waals surface area contributed by atoms with Crippen LogP contribution in [0.25, 0.3) is 0 Å². The summed E-state index contributed by atoms with van der Waals surface area (Å²) in [4.78, 5) is 0. The van der Waals surface area contributed by atoms with E-state index in [1.807, 2.05) is 0 Å². The maximum Gasteiger partial charge on any atom is 0.387 e. The highest BCUT2D eigenvalue weighted by Crippen LogP contribution is 2.31. The van der Waals surface area contributed by atoms with Crippen molar-refractivity contribution in [2.75, 3.05) is 12.0 Å². The zero-order valence-electron chi connectivity index (χ0n) is 12.6. The van der Waals surface area contributed by atoms with Gasteiger partial charge in [-0.15, -0.1) is 0 Å². The molecule has 0 saturated heterocycles. The van der Waals surface area contributed by atoms with Gasteiger partial charge in [-0.3, -0.25) is 5.43 Å². The molecule has 1 N–H and O–H groups in total. The van der Waals surface area contributed by atoms with E-state index in [4.69, 9.17) is 4.74 Å². The van der Waals surface area contributed by atoms with Gasteiger partial charge >= 0.3 is 6.61 Å². The lowest BCUT2D eigenvalue weighted by Gasteiger charge is -2.13. The summed E-state index contributed by atoms with van der Waals surface area (Å²) in [6.45, 7) is -1.08. The monoisotopic (exact) mass is 342 g/mol. The summed E-state index contributed by atoms with van der Waals surface area (Å²) in [5, 5.41) is 3.75. The predicted molar refractivity (Wildman–Crippen MR) is 81.8 cm³/mol. The van der Waals surface area contributed by atoms with Crippen LogP contribution in [0.3, 0.4) is 0 Å². The number of nitrogens with one attached hydrogen (secondary N) is 1. The fraction of sp³-hybridized carbons (Fsp3) is 0.188. The number of hydrogen-bond donors (Lipinski definition) is 1. The number of benzene rings is 2. The van der Waals surface area contributed by atoms with Crippen molar-refractivity contribution in [2.45, 2.75) is 13.5 Å². The van der Waals surface area contributed by atoms with Gasteiger partial charge in [0, 0.05) is 11.6 Å². The molecule has 0 spiro atoms. The molecule has 2 aromatic rings. The Bertz CT molecular complexity index is 723. The first-order valence-corrected chi connectivity index (χ1v) is 6.96. The van der Waals surface area contributed by atoms with E-state index < -0.39 is 18.2 Å². The number of anilines is 1. The van der Waals surface area contributed by atoms with Gasteiger partial charge in [0.1, 0.15) is 5.82 Å². The van der Waals surface area contributed by atoms with Gasteiger partial charge in [0.15, 0.2) is 17.3 Å². The molecule has 0 radical (unpaired) electrons. The van der Waals surface area contributed by atoms with Crippen LogP contribution in [0.5, 0.6) is 11.5 Å². The first kappa shape index (κ1) is 17.6. The SMILES string of the molecule is CCOc1cccc(/C=N\Nc2ccc(F)cc2F)c1OC(F)F. The van der Waals surface area contributed by atoms with Gasteiger partial charge in [0.05, 0.1) is 18.5 Å². The molecule has 4 nitrogen and oxygen atoms in total. The lowest BCUT2D eigenvalue weighted by molar-refractivity contribution is -0.0515. The second-order valence-electron chi connectivity index (χ2n) is 4.48. The molecular weight excluding hydrogens is 328 g/mol. The summed E-state index contributed by atoms with van der Waals surface area (Å²) in [6.07, 6.45) is 1.17. The normalized spacial score (nSPS) is 11.1. The highest BCUT2D eigenvalue weighted by molar-refractivity contribution is 5.85. The Labute approximate surface area is 135 Å². The largest absolute Gasteiger partial charge is 0.490 e. The second-order valence-corrected chi connectivity index (χ2v) is 4.48. The molecule has 0 saturated carbocycles. The van der Waals surface area contributed by atoms with Crippen molar-refractivity contribution in [1.29, 1.82) is 0 Å². The number of alkyl halides is 2. The van der Waals surface area contributed by atoms with Crippen LogP contribution in [0.4, 0.5) is 23.2 Å². The number of ether oxygens (including phenoxy) is 2. The van der Waals surface area contributed by atoms with Crippen molar-refractivity contribution in [1.82, 2.24) is 0 Å². The van der Waals surface area contributed by atoms with Crippen molar-refractivity contribution in [3.63, 3.8) is 0 Å². The zero-order valence-corrected chi connectivity index (χ0v) is 12.6. The Morgan fingerprint density at radius 1 is 1.21 bits per heavy atom. The van der Waals surface area contributed by atoms with Crippen LogP contribution in [0.2, 0.25) is 0 Å². The summed E-state index contributed by atoms with van der Waals surface area (Å²) < 4.78 is 61.1. The van der Waals surface area contributed by atoms with E-state index >= 15 is 0 Å². The average Bonchev–Trinajstić information content (AvgIpc) is 2.52. The summed E-state index contributed by atoms with van der Waals surface area (Å²) >= 11 is 0. The first-order valence-electron chi connectivity index (χ1n) is 6.96. The molecule has 0 bridgehead atoms. The van der Waals surface area contributed by atoms with E-state index in [2.05, 4.69) is 15.3 Å². The van der Waals surface area contributed by atoms with E-state index in [1.54, 1.807) is 13.0 Å². The average molecular weight is 342 g/mol. The first-order chi connectivity index (χ1) is 11.5. The number of nitrogens with zero attached hydrogens (tertiary/aromatic N) is 1. The fourth-order valence-corrected chi connectivity index (χ4v) is 1.87. The van der Waals surface area contributed by atoms with Gasteiger partial charge in [-0.2, -0.15) is 13.9 Å². The van der Waals surface area contributed by atoms with Gasteiger partial charge < -0.3 is 9.47 Å². The summed E-state index contributed by atoms with van der Waals surface area (Å²) in [5.74, 6) is -1.60. The van der Waals surface area contributed by atoms with Gasteiger partial charge in [-0.05, 0) is 31.2 Å². The van der Waals surface area contributed by atoms with E-state index in [0.29, 0.717) is 6.07 Å². The molecule has 24 heavy (non-hydrogen) atoms. The predicted octanol–water partition coefficient (Wildman–Crippen LogP) is 4.41. The van der Waals surface area contributed by atoms with Crippen LogP contribution >= 0.6 is 0 Å². The third-order valence-electron chi connectivity index (χ3n) is 2.84. The summed E-state index contributed by atoms with van der Waals surface area (Å²) in [7, 11) is 0. The van der Waals surface area contributed by atoms with E-state index in [9.17, 15) is 17.6 Å². The van der Waals surface area contributed by atoms with Crippen LogP contribution < -0.4 is 14.9 Å². The Kier molecular flexibility index (Phi) is 6.00. The van der Waals surface area contributed by atoms with Gasteiger partial charge in [-0.1, -0.05) is 6.07 Å². The lowest BCUT2D eigenvalue weighted by atomic mass is 10.2. The van der Waals surface area contributed by atoms with Gasteiger partial charge in [-0.25, -0.2) is 8.78 Å². The van der Waals surface area contributed by atoms with Crippen molar-refractivity contribution >= 4 is 11.9 Å². The van der Waals surface area contributed by atoms with E-state index in [0.717, 1.165) is 12.1 Å². The minimum atomic E-state index is -3.04. The molecule has 128 valence electrons. The van der Waals surface area contributed by atoms with Crippen LogP contribution in [-0.2, 0) is 0 Å².